The largest absolute Gasteiger partial charge is 0.465 e. The van der Waals surface area contributed by atoms with Gasteiger partial charge >= 0.3 is 5.97 Å². The van der Waals surface area contributed by atoms with E-state index in [-0.39, 0.29) is 17.7 Å². The summed E-state index contributed by atoms with van der Waals surface area (Å²) in [7, 11) is 3.21. The van der Waals surface area contributed by atoms with Gasteiger partial charge in [0.15, 0.2) is 0 Å². The first-order chi connectivity index (χ1) is 20.4. The van der Waals surface area contributed by atoms with Gasteiger partial charge in [-0.25, -0.2) is 9.48 Å². The number of benzene rings is 2. The van der Waals surface area contributed by atoms with Gasteiger partial charge in [-0.05, 0) is 73.6 Å². The second-order valence-corrected chi connectivity index (χ2v) is 11.8. The molecule has 1 saturated heterocycles. The maximum absolute atomic E-state index is 13.6. The molecule has 2 aliphatic rings. The highest BCUT2D eigenvalue weighted by molar-refractivity contribution is 6.31. The van der Waals surface area contributed by atoms with E-state index in [0.29, 0.717) is 22.2 Å². The zero-order chi connectivity index (χ0) is 29.4. The van der Waals surface area contributed by atoms with Crippen molar-refractivity contribution >= 4 is 23.5 Å². The number of aryl methyl sites for hydroxylation is 1. The Kier molecular flexibility index (Phi) is 7.86. The van der Waals surface area contributed by atoms with Crippen molar-refractivity contribution in [2.75, 3.05) is 13.7 Å². The van der Waals surface area contributed by atoms with Crippen LogP contribution < -0.4 is 0 Å². The molecular formula is C32H35ClN6O3. The van der Waals surface area contributed by atoms with Gasteiger partial charge in [-0.3, -0.25) is 9.48 Å². The quantitative estimate of drug-likeness (QED) is 0.229. The summed E-state index contributed by atoms with van der Waals surface area (Å²) in [4.78, 5) is 28.4. The fourth-order valence-electron chi connectivity index (χ4n) is 6.31. The molecule has 1 amide bonds. The molecule has 1 aliphatic carbocycles. The molecule has 10 heteroatoms. The Morgan fingerprint density at radius 1 is 1.10 bits per heavy atom. The average Bonchev–Trinajstić information content (AvgIpc) is 3.45. The Balaban J connectivity index is 1.35. The smallest absolute Gasteiger partial charge is 0.341 e. The number of esters is 1. The van der Waals surface area contributed by atoms with E-state index in [1.807, 2.05) is 55.7 Å². The van der Waals surface area contributed by atoms with Crippen LogP contribution >= 0.6 is 11.6 Å². The predicted octanol–water partition coefficient (Wildman–Crippen LogP) is 6.17. The lowest BCUT2D eigenvalue weighted by molar-refractivity contribution is 0.0592. The highest BCUT2D eigenvalue weighted by Gasteiger charge is 2.46. The lowest BCUT2D eigenvalue weighted by Crippen LogP contribution is -2.43. The van der Waals surface area contributed by atoms with Gasteiger partial charge in [0.05, 0.1) is 30.4 Å². The van der Waals surface area contributed by atoms with Crippen molar-refractivity contribution in [3.8, 4) is 16.8 Å². The maximum atomic E-state index is 13.6. The normalized spacial score (nSPS) is 20.0. The number of ether oxygens (including phenoxy) is 1. The number of hydrogen-bond donors (Lipinski definition) is 0. The summed E-state index contributed by atoms with van der Waals surface area (Å²) in [6, 6.07) is 13.8. The van der Waals surface area contributed by atoms with Crippen LogP contribution in [0.5, 0.6) is 0 Å². The predicted molar refractivity (Wildman–Crippen MR) is 160 cm³/mol. The minimum atomic E-state index is -0.436. The molecule has 1 aliphatic heterocycles. The molecule has 2 fully saturated rings. The summed E-state index contributed by atoms with van der Waals surface area (Å²) >= 11 is 6.67. The number of nitrogens with zero attached hydrogens (tertiary/aromatic N) is 6. The molecule has 3 heterocycles. The fourth-order valence-corrected chi connectivity index (χ4v) is 6.54. The third-order valence-corrected chi connectivity index (χ3v) is 8.65. The van der Waals surface area contributed by atoms with Crippen LogP contribution in [0, 0.1) is 0 Å². The molecule has 0 spiro atoms. The molecule has 0 bridgehead atoms. The Hall–Kier alpha value is -3.98. The summed E-state index contributed by atoms with van der Waals surface area (Å²) in [5, 5.41) is 13.5. The molecule has 218 valence electrons. The Bertz CT molecular complexity index is 1630. The lowest BCUT2D eigenvalue weighted by Gasteiger charge is -2.36. The molecule has 6 rings (SSSR count). The van der Waals surface area contributed by atoms with Gasteiger partial charge in [-0.2, -0.15) is 5.10 Å². The number of amides is 1. The van der Waals surface area contributed by atoms with Crippen LogP contribution in [-0.2, 0) is 11.8 Å². The monoisotopic (exact) mass is 586 g/mol. The van der Waals surface area contributed by atoms with Gasteiger partial charge in [-0.1, -0.05) is 42.3 Å². The highest BCUT2D eigenvalue weighted by atomic mass is 35.5. The Morgan fingerprint density at radius 2 is 1.95 bits per heavy atom. The molecule has 42 heavy (non-hydrogen) atoms. The first-order valence-corrected chi connectivity index (χ1v) is 15.0. The summed E-state index contributed by atoms with van der Waals surface area (Å²) in [5.74, 6) is -0.195. The maximum Gasteiger partial charge on any atom is 0.341 e. The van der Waals surface area contributed by atoms with E-state index in [1.54, 1.807) is 15.6 Å². The number of halogens is 1. The van der Waals surface area contributed by atoms with Crippen molar-refractivity contribution in [1.82, 2.24) is 29.7 Å². The van der Waals surface area contributed by atoms with Crippen LogP contribution in [0.2, 0.25) is 5.02 Å². The van der Waals surface area contributed by atoms with Gasteiger partial charge in [0.25, 0.3) is 5.91 Å². The molecule has 1 saturated carbocycles. The number of rotatable bonds is 8. The van der Waals surface area contributed by atoms with Crippen molar-refractivity contribution in [2.45, 2.75) is 63.3 Å². The van der Waals surface area contributed by atoms with Gasteiger partial charge in [0.2, 0.25) is 0 Å². The van der Waals surface area contributed by atoms with E-state index in [0.717, 1.165) is 66.9 Å². The fraction of sp³-hybridized carbons (Fsp3) is 0.406. The van der Waals surface area contributed by atoms with Crippen LogP contribution in [-0.4, -0.2) is 61.2 Å². The zero-order valence-corrected chi connectivity index (χ0v) is 24.9. The molecule has 3 unspecified atom stereocenters. The number of carbonyl (C=O) groups is 2. The third kappa shape index (κ3) is 5.45. The number of hydrogen-bond acceptors (Lipinski definition) is 6. The van der Waals surface area contributed by atoms with Crippen LogP contribution in [0.1, 0.15) is 89.4 Å². The highest BCUT2D eigenvalue weighted by Crippen LogP contribution is 2.55. The van der Waals surface area contributed by atoms with E-state index in [2.05, 4.69) is 27.2 Å². The second kappa shape index (κ2) is 11.7. The lowest BCUT2D eigenvalue weighted by atomic mass is 9.96. The van der Waals surface area contributed by atoms with Gasteiger partial charge in [-0.15, -0.1) is 5.10 Å². The minimum absolute atomic E-state index is 0.0299. The van der Waals surface area contributed by atoms with Crippen molar-refractivity contribution < 1.29 is 14.3 Å². The van der Waals surface area contributed by atoms with E-state index in [9.17, 15) is 9.59 Å². The molecule has 2 aromatic carbocycles. The van der Waals surface area contributed by atoms with Crippen LogP contribution in [0.25, 0.3) is 16.8 Å². The van der Waals surface area contributed by atoms with Crippen LogP contribution in [0.3, 0.4) is 0 Å². The van der Waals surface area contributed by atoms with Crippen LogP contribution in [0.15, 0.2) is 54.9 Å². The summed E-state index contributed by atoms with van der Waals surface area (Å²) in [6.07, 6.45) is 9.66. The minimum Gasteiger partial charge on any atom is -0.465 e. The van der Waals surface area contributed by atoms with E-state index >= 15 is 0 Å². The topological polar surface area (TPSA) is 95.1 Å². The molecule has 4 aromatic rings. The zero-order valence-electron chi connectivity index (χ0n) is 24.2. The van der Waals surface area contributed by atoms with Crippen molar-refractivity contribution in [2.24, 2.45) is 7.05 Å². The SMILES string of the molecule is CCCC1CCCCN1C(=O)c1cccc(-c2cc(Cl)cc(-n3ncc(C(=O)OC)c3C3CC3c3cn(C)nn3)c2)c1. The summed E-state index contributed by atoms with van der Waals surface area (Å²) < 4.78 is 8.55. The molecule has 0 N–H and O–H groups in total. The Morgan fingerprint density at radius 3 is 2.71 bits per heavy atom. The molecular weight excluding hydrogens is 552 g/mol. The number of carbonyl (C=O) groups excluding carboxylic acids is 2. The standard InChI is InChI=1S/C32H35ClN6O3/c1-4-8-24-11-5-6-12-38(24)31(40)21-10-7-9-20(13-21)22-14-23(33)16-25(15-22)39-30(28(18-34-39)32(41)42-3)27-17-26(27)29-19-37(2)36-35-29/h7,9-10,13-16,18-19,24,26-27H,4-6,8,11-12,17H2,1-3H3. The van der Waals surface area contributed by atoms with Crippen molar-refractivity contribution in [1.29, 1.82) is 0 Å². The van der Waals surface area contributed by atoms with Gasteiger partial charge in [0.1, 0.15) is 5.56 Å². The van der Waals surface area contributed by atoms with Crippen molar-refractivity contribution in [3.05, 3.63) is 82.4 Å². The average molecular weight is 587 g/mol. The van der Waals surface area contributed by atoms with E-state index in [4.69, 9.17) is 16.3 Å². The Labute approximate surface area is 250 Å². The summed E-state index contributed by atoms with van der Waals surface area (Å²) in [6.45, 7) is 2.98. The number of methoxy groups -OCH3 is 1. The number of likely N-dealkylation sites (tertiary alicyclic amines) is 1. The van der Waals surface area contributed by atoms with Gasteiger partial charge in [0, 0.05) is 48.3 Å². The van der Waals surface area contributed by atoms with Gasteiger partial charge < -0.3 is 9.64 Å². The number of aromatic nitrogens is 5. The molecule has 3 atom stereocenters. The molecule has 9 nitrogen and oxygen atoms in total. The third-order valence-electron chi connectivity index (χ3n) is 8.43. The molecule has 2 aromatic heterocycles. The number of piperidine rings is 1. The molecule has 0 radical (unpaired) electrons. The summed E-state index contributed by atoms with van der Waals surface area (Å²) in [5.41, 5.74) is 5.22. The van der Waals surface area contributed by atoms with Crippen LogP contribution in [0.4, 0.5) is 0 Å². The first kappa shape index (κ1) is 28.2. The first-order valence-electron chi connectivity index (χ1n) is 14.6. The van der Waals surface area contributed by atoms with E-state index in [1.165, 1.54) is 13.5 Å². The second-order valence-electron chi connectivity index (χ2n) is 11.3. The van der Waals surface area contributed by atoms with Crippen molar-refractivity contribution in [3.63, 3.8) is 0 Å². The van der Waals surface area contributed by atoms with E-state index < -0.39 is 5.97 Å².